The van der Waals surface area contributed by atoms with Crippen LogP contribution >= 0.6 is 0 Å². The van der Waals surface area contributed by atoms with Gasteiger partial charge in [-0.3, -0.25) is 0 Å². The molecule has 1 aliphatic rings. The van der Waals surface area contributed by atoms with Gasteiger partial charge in [0.25, 0.3) is 0 Å². The fraction of sp³-hybridized carbons (Fsp3) is 0.176. The van der Waals surface area contributed by atoms with Gasteiger partial charge in [-0.25, -0.2) is 0 Å². The van der Waals surface area contributed by atoms with Gasteiger partial charge in [-0.2, -0.15) is 0 Å². The zero-order valence-electron chi connectivity index (χ0n) is 10.6. The van der Waals surface area contributed by atoms with Crippen molar-refractivity contribution in [3.05, 3.63) is 77.4 Å². The van der Waals surface area contributed by atoms with Crippen molar-refractivity contribution in [2.75, 3.05) is 0 Å². The number of aromatic hydroxyl groups is 1. The van der Waals surface area contributed by atoms with Gasteiger partial charge < -0.3 is 10.2 Å². The Kier molecular flexibility index (Phi) is 2.68. The molecular weight excluding hydrogens is 236 g/mol. The number of phenolic OH excluding ortho intramolecular Hbond substituents is 1. The van der Waals surface area contributed by atoms with Gasteiger partial charge in [0.15, 0.2) is 0 Å². The normalized spacial score (nSPS) is 20.5. The summed E-state index contributed by atoms with van der Waals surface area (Å²) in [5, 5.41) is 21.3. The van der Waals surface area contributed by atoms with Crippen molar-refractivity contribution in [1.82, 2.24) is 0 Å². The largest absolute Gasteiger partial charge is 0.508 e. The van der Waals surface area contributed by atoms with Crippen LogP contribution in [-0.2, 0) is 12.0 Å². The molecule has 96 valence electrons. The van der Waals surface area contributed by atoms with Crippen LogP contribution in [0.1, 0.15) is 28.7 Å². The van der Waals surface area contributed by atoms with Gasteiger partial charge in [0.05, 0.1) is 0 Å². The molecule has 0 heterocycles. The number of hydrogen-bond acceptors (Lipinski definition) is 2. The van der Waals surface area contributed by atoms with E-state index in [4.69, 9.17) is 0 Å². The highest BCUT2D eigenvalue weighted by atomic mass is 16.3. The second-order valence-electron chi connectivity index (χ2n) is 5.00. The van der Waals surface area contributed by atoms with Crippen molar-refractivity contribution < 1.29 is 10.2 Å². The van der Waals surface area contributed by atoms with E-state index >= 15 is 0 Å². The molecule has 0 radical (unpaired) electrons. The maximum atomic E-state index is 11.1. The lowest BCUT2D eigenvalue weighted by Crippen LogP contribution is -2.32. The van der Waals surface area contributed by atoms with E-state index in [1.54, 1.807) is 12.1 Å². The molecule has 1 atom stereocenters. The van der Waals surface area contributed by atoms with Gasteiger partial charge in [0, 0.05) is 12.0 Å². The predicted molar refractivity (Wildman–Crippen MR) is 75.2 cm³/mol. The number of hydrogen-bond donors (Lipinski definition) is 2. The summed E-state index contributed by atoms with van der Waals surface area (Å²) in [6.45, 7) is 3.73. The molecule has 0 bridgehead atoms. The SMILES string of the molecule is C=CCC1(O)c2ccccc2Cc2cccc(O)c21. The van der Waals surface area contributed by atoms with E-state index in [0.717, 1.165) is 23.1 Å². The second-order valence-corrected chi connectivity index (χ2v) is 5.00. The van der Waals surface area contributed by atoms with E-state index < -0.39 is 5.60 Å². The molecule has 0 spiro atoms. The van der Waals surface area contributed by atoms with Crippen molar-refractivity contribution in [3.63, 3.8) is 0 Å². The number of phenols is 1. The zero-order valence-corrected chi connectivity index (χ0v) is 10.6. The molecular formula is C17H16O2. The molecule has 0 aromatic heterocycles. The molecule has 0 amide bonds. The Morgan fingerprint density at radius 1 is 1.11 bits per heavy atom. The van der Waals surface area contributed by atoms with Crippen LogP contribution in [-0.4, -0.2) is 10.2 Å². The van der Waals surface area contributed by atoms with Gasteiger partial charge in [-0.15, -0.1) is 6.58 Å². The summed E-state index contributed by atoms with van der Waals surface area (Å²) >= 11 is 0. The minimum Gasteiger partial charge on any atom is -0.508 e. The highest BCUT2D eigenvalue weighted by molar-refractivity contribution is 5.56. The Bertz CT molecular complexity index is 645. The van der Waals surface area contributed by atoms with Crippen molar-refractivity contribution in [1.29, 1.82) is 0 Å². The Labute approximate surface area is 112 Å². The van der Waals surface area contributed by atoms with E-state index in [9.17, 15) is 10.2 Å². The quantitative estimate of drug-likeness (QED) is 0.806. The van der Waals surface area contributed by atoms with Crippen LogP contribution in [0.25, 0.3) is 0 Å². The van der Waals surface area contributed by atoms with E-state index in [1.807, 2.05) is 36.4 Å². The molecule has 2 heteroatoms. The molecule has 0 saturated carbocycles. The van der Waals surface area contributed by atoms with Crippen LogP contribution in [0.4, 0.5) is 0 Å². The van der Waals surface area contributed by atoms with Gasteiger partial charge in [-0.05, 0) is 29.2 Å². The molecule has 2 aromatic rings. The lowest BCUT2D eigenvalue weighted by atomic mass is 9.73. The predicted octanol–water partition coefficient (Wildman–Crippen LogP) is 3.11. The van der Waals surface area contributed by atoms with Crippen molar-refractivity contribution in [3.8, 4) is 5.75 Å². The first-order valence-electron chi connectivity index (χ1n) is 6.40. The van der Waals surface area contributed by atoms with Gasteiger partial charge in [0.2, 0.25) is 0 Å². The fourth-order valence-electron chi connectivity index (χ4n) is 3.05. The molecule has 3 rings (SSSR count). The summed E-state index contributed by atoms with van der Waals surface area (Å²) in [5.41, 5.74) is 2.38. The summed E-state index contributed by atoms with van der Waals surface area (Å²) in [6, 6.07) is 13.2. The minimum absolute atomic E-state index is 0.149. The van der Waals surface area contributed by atoms with Gasteiger partial charge in [0.1, 0.15) is 11.4 Å². The zero-order chi connectivity index (χ0) is 13.5. The van der Waals surface area contributed by atoms with Crippen LogP contribution in [0.3, 0.4) is 0 Å². The Hall–Kier alpha value is -2.06. The number of fused-ring (bicyclic) bond motifs is 2. The van der Waals surface area contributed by atoms with E-state index in [1.165, 1.54) is 0 Å². The monoisotopic (exact) mass is 252 g/mol. The maximum absolute atomic E-state index is 11.1. The molecule has 2 nitrogen and oxygen atoms in total. The highest BCUT2D eigenvalue weighted by Crippen LogP contribution is 2.45. The molecule has 0 saturated heterocycles. The molecule has 2 aromatic carbocycles. The molecule has 0 aliphatic heterocycles. The molecule has 1 unspecified atom stereocenters. The summed E-state index contributed by atoms with van der Waals surface area (Å²) < 4.78 is 0. The van der Waals surface area contributed by atoms with Gasteiger partial charge in [-0.1, -0.05) is 42.5 Å². The fourth-order valence-corrected chi connectivity index (χ4v) is 3.05. The maximum Gasteiger partial charge on any atom is 0.122 e. The van der Waals surface area contributed by atoms with Crippen LogP contribution in [0.5, 0.6) is 5.75 Å². The van der Waals surface area contributed by atoms with Gasteiger partial charge >= 0.3 is 0 Å². The van der Waals surface area contributed by atoms with E-state index in [0.29, 0.717) is 12.0 Å². The first kappa shape index (κ1) is 12.0. The van der Waals surface area contributed by atoms with Crippen LogP contribution in [0, 0.1) is 0 Å². The standard InChI is InChI=1S/C17H16O2/c1-2-10-17(19)14-8-4-3-6-12(14)11-13-7-5-9-15(18)16(13)17/h2-9,18-19H,1,10-11H2. The smallest absolute Gasteiger partial charge is 0.122 e. The number of rotatable bonds is 2. The molecule has 0 fully saturated rings. The minimum atomic E-state index is -1.18. The van der Waals surface area contributed by atoms with Crippen molar-refractivity contribution in [2.45, 2.75) is 18.4 Å². The molecule has 1 aliphatic carbocycles. The third-order valence-corrected chi connectivity index (χ3v) is 3.83. The summed E-state index contributed by atoms with van der Waals surface area (Å²) in [5.74, 6) is 0.149. The average molecular weight is 252 g/mol. The summed E-state index contributed by atoms with van der Waals surface area (Å²) in [7, 11) is 0. The Morgan fingerprint density at radius 2 is 1.84 bits per heavy atom. The summed E-state index contributed by atoms with van der Waals surface area (Å²) in [4.78, 5) is 0. The Morgan fingerprint density at radius 3 is 2.63 bits per heavy atom. The topological polar surface area (TPSA) is 40.5 Å². The first-order chi connectivity index (χ1) is 9.16. The van der Waals surface area contributed by atoms with E-state index in [2.05, 4.69) is 6.58 Å². The third-order valence-electron chi connectivity index (χ3n) is 3.83. The average Bonchev–Trinajstić information content (AvgIpc) is 2.39. The van der Waals surface area contributed by atoms with E-state index in [-0.39, 0.29) is 5.75 Å². The lowest BCUT2D eigenvalue weighted by Gasteiger charge is -2.36. The van der Waals surface area contributed by atoms with Crippen molar-refractivity contribution in [2.24, 2.45) is 0 Å². The van der Waals surface area contributed by atoms with Crippen LogP contribution < -0.4 is 0 Å². The van der Waals surface area contributed by atoms with Crippen molar-refractivity contribution >= 4 is 0 Å². The lowest BCUT2D eigenvalue weighted by molar-refractivity contribution is 0.0771. The van der Waals surface area contributed by atoms with Crippen LogP contribution in [0.2, 0.25) is 0 Å². The third kappa shape index (κ3) is 1.68. The molecule has 19 heavy (non-hydrogen) atoms. The highest BCUT2D eigenvalue weighted by Gasteiger charge is 2.39. The Balaban J connectivity index is 2.31. The molecule has 2 N–H and O–H groups in total. The first-order valence-corrected chi connectivity index (χ1v) is 6.40. The number of benzene rings is 2. The summed E-state index contributed by atoms with van der Waals surface area (Å²) in [6.07, 6.45) is 2.81. The number of aliphatic hydroxyl groups is 1. The van der Waals surface area contributed by atoms with Crippen LogP contribution in [0.15, 0.2) is 55.1 Å². The second kappa shape index (κ2) is 4.25.